The molecule has 0 aliphatic rings. The molecule has 0 bridgehead atoms. The van der Waals surface area contributed by atoms with Crippen molar-refractivity contribution in [3.05, 3.63) is 71.8 Å². The number of sulfonamides is 1. The average molecular weight is 406 g/mol. The van der Waals surface area contributed by atoms with Crippen molar-refractivity contribution in [3.63, 3.8) is 0 Å². The molecule has 1 amide bonds. The molecule has 140 valence electrons. The maximum Gasteiger partial charge on any atom is 0.251 e. The van der Waals surface area contributed by atoms with Gasteiger partial charge in [0.15, 0.2) is 0 Å². The molecular formula is C17H16ClN5O3S. The van der Waals surface area contributed by atoms with Gasteiger partial charge in [0, 0.05) is 23.7 Å². The van der Waals surface area contributed by atoms with E-state index in [0.717, 1.165) is 5.69 Å². The lowest BCUT2D eigenvalue weighted by molar-refractivity contribution is 0.0954. The highest BCUT2D eigenvalue weighted by molar-refractivity contribution is 7.89. The van der Waals surface area contributed by atoms with Crippen molar-refractivity contribution in [1.82, 2.24) is 24.8 Å². The molecule has 3 rings (SSSR count). The maximum atomic E-state index is 12.2. The SMILES string of the molecule is O=C(NCCNS(=O)(=O)c1cccc(Cl)c1)c1ccc(-n2cncn2)cc1. The Morgan fingerprint density at radius 3 is 2.56 bits per heavy atom. The number of rotatable bonds is 7. The van der Waals surface area contributed by atoms with Crippen molar-refractivity contribution in [3.8, 4) is 5.69 Å². The van der Waals surface area contributed by atoms with Crippen LogP contribution in [-0.2, 0) is 10.0 Å². The number of carbonyl (C=O) groups is 1. The normalized spacial score (nSPS) is 11.3. The van der Waals surface area contributed by atoms with Crippen LogP contribution in [0.5, 0.6) is 0 Å². The van der Waals surface area contributed by atoms with E-state index in [9.17, 15) is 13.2 Å². The topological polar surface area (TPSA) is 106 Å². The quantitative estimate of drug-likeness (QED) is 0.581. The molecule has 0 radical (unpaired) electrons. The third-order valence-corrected chi connectivity index (χ3v) is 5.32. The third-order valence-electron chi connectivity index (χ3n) is 3.62. The van der Waals surface area contributed by atoms with Crippen molar-refractivity contribution in [2.45, 2.75) is 4.90 Å². The summed E-state index contributed by atoms with van der Waals surface area (Å²) in [6.45, 7) is 0.196. The van der Waals surface area contributed by atoms with E-state index >= 15 is 0 Å². The highest BCUT2D eigenvalue weighted by Gasteiger charge is 2.14. The standard InChI is InChI=1S/C17H16ClN5O3S/c18-14-2-1-3-16(10-14)27(25,26)22-9-8-20-17(24)13-4-6-15(7-5-13)23-12-19-11-21-23/h1-7,10-12,22H,8-9H2,(H,20,24). The van der Waals surface area contributed by atoms with E-state index in [2.05, 4.69) is 20.1 Å². The molecule has 8 nitrogen and oxygen atoms in total. The van der Waals surface area contributed by atoms with Gasteiger partial charge < -0.3 is 5.32 Å². The first-order valence-electron chi connectivity index (χ1n) is 7.94. The van der Waals surface area contributed by atoms with Gasteiger partial charge in [-0.15, -0.1) is 0 Å². The van der Waals surface area contributed by atoms with Gasteiger partial charge in [-0.3, -0.25) is 4.79 Å². The molecule has 3 aromatic rings. The number of hydrogen-bond donors (Lipinski definition) is 2. The van der Waals surface area contributed by atoms with Gasteiger partial charge in [-0.05, 0) is 42.5 Å². The molecular weight excluding hydrogens is 390 g/mol. The Labute approximate surface area is 161 Å². The monoisotopic (exact) mass is 405 g/mol. The van der Waals surface area contributed by atoms with E-state index in [1.807, 2.05) is 0 Å². The average Bonchev–Trinajstić information content (AvgIpc) is 3.20. The van der Waals surface area contributed by atoms with Gasteiger partial charge in [-0.2, -0.15) is 5.10 Å². The molecule has 0 aliphatic heterocycles. The number of halogens is 1. The van der Waals surface area contributed by atoms with Crippen LogP contribution in [0.3, 0.4) is 0 Å². The van der Waals surface area contributed by atoms with Crippen molar-refractivity contribution in [2.24, 2.45) is 0 Å². The van der Waals surface area contributed by atoms with Crippen molar-refractivity contribution >= 4 is 27.5 Å². The summed E-state index contributed by atoms with van der Waals surface area (Å²) < 4.78 is 28.3. The Bertz CT molecular complexity index is 1020. The number of nitrogens with one attached hydrogen (secondary N) is 2. The second kappa shape index (κ2) is 8.30. The largest absolute Gasteiger partial charge is 0.351 e. The van der Waals surface area contributed by atoms with Crippen LogP contribution in [0.25, 0.3) is 5.69 Å². The summed E-state index contributed by atoms with van der Waals surface area (Å²) in [6, 6.07) is 12.8. The molecule has 0 aliphatic carbocycles. The summed E-state index contributed by atoms with van der Waals surface area (Å²) in [7, 11) is -3.68. The first-order chi connectivity index (χ1) is 13.0. The maximum absolute atomic E-state index is 12.2. The summed E-state index contributed by atoms with van der Waals surface area (Å²) >= 11 is 5.81. The van der Waals surface area contributed by atoms with Gasteiger partial charge in [0.25, 0.3) is 5.91 Å². The number of benzene rings is 2. The van der Waals surface area contributed by atoms with Gasteiger partial charge in [-0.1, -0.05) is 17.7 Å². The number of hydrogen-bond acceptors (Lipinski definition) is 5. The van der Waals surface area contributed by atoms with E-state index in [1.165, 1.54) is 18.5 Å². The van der Waals surface area contributed by atoms with Gasteiger partial charge >= 0.3 is 0 Å². The fourth-order valence-corrected chi connectivity index (χ4v) is 3.62. The van der Waals surface area contributed by atoms with Gasteiger partial charge in [0.05, 0.1) is 10.6 Å². The summed E-state index contributed by atoms with van der Waals surface area (Å²) in [4.78, 5) is 16.1. The Balaban J connectivity index is 1.51. The Hall–Kier alpha value is -2.75. The second-order valence-corrected chi connectivity index (χ2v) is 7.70. The fourth-order valence-electron chi connectivity index (χ4n) is 2.29. The molecule has 0 saturated heterocycles. The lowest BCUT2D eigenvalue weighted by Gasteiger charge is -2.09. The highest BCUT2D eigenvalue weighted by atomic mass is 35.5. The molecule has 2 N–H and O–H groups in total. The zero-order valence-corrected chi connectivity index (χ0v) is 15.6. The van der Waals surface area contributed by atoms with Crippen LogP contribution >= 0.6 is 11.6 Å². The molecule has 0 atom stereocenters. The van der Waals surface area contributed by atoms with Crippen LogP contribution < -0.4 is 10.0 Å². The van der Waals surface area contributed by atoms with Crippen LogP contribution in [-0.4, -0.2) is 42.2 Å². The van der Waals surface area contributed by atoms with E-state index in [0.29, 0.717) is 10.6 Å². The van der Waals surface area contributed by atoms with Crippen LogP contribution in [0.4, 0.5) is 0 Å². The minimum Gasteiger partial charge on any atom is -0.351 e. The fraction of sp³-hybridized carbons (Fsp3) is 0.118. The van der Waals surface area contributed by atoms with Crippen molar-refractivity contribution in [2.75, 3.05) is 13.1 Å². The Kier molecular flexibility index (Phi) is 5.84. The third kappa shape index (κ3) is 4.91. The summed E-state index contributed by atoms with van der Waals surface area (Å²) in [5.41, 5.74) is 1.23. The zero-order chi connectivity index (χ0) is 19.3. The molecule has 27 heavy (non-hydrogen) atoms. The Morgan fingerprint density at radius 2 is 1.89 bits per heavy atom. The molecule has 0 spiro atoms. The van der Waals surface area contributed by atoms with Crippen LogP contribution in [0.1, 0.15) is 10.4 Å². The van der Waals surface area contributed by atoms with Crippen LogP contribution in [0.2, 0.25) is 5.02 Å². The molecule has 1 aromatic heterocycles. The molecule has 1 heterocycles. The summed E-state index contributed by atoms with van der Waals surface area (Å²) in [5, 5.41) is 7.00. The molecule has 2 aromatic carbocycles. The highest BCUT2D eigenvalue weighted by Crippen LogP contribution is 2.14. The van der Waals surface area contributed by atoms with Crippen LogP contribution in [0.15, 0.2) is 66.1 Å². The summed E-state index contributed by atoms with van der Waals surface area (Å²) in [5.74, 6) is -0.304. The van der Waals surface area contributed by atoms with Gasteiger partial charge in [-0.25, -0.2) is 22.8 Å². The van der Waals surface area contributed by atoms with Crippen molar-refractivity contribution < 1.29 is 13.2 Å². The van der Waals surface area contributed by atoms with Gasteiger partial charge in [0.2, 0.25) is 10.0 Å². The summed E-state index contributed by atoms with van der Waals surface area (Å²) in [6.07, 6.45) is 2.98. The predicted octanol–water partition coefficient (Wildman–Crippen LogP) is 1.63. The van der Waals surface area contributed by atoms with E-state index in [1.54, 1.807) is 47.4 Å². The van der Waals surface area contributed by atoms with E-state index < -0.39 is 10.0 Å². The molecule has 0 saturated carbocycles. The van der Waals surface area contributed by atoms with Gasteiger partial charge in [0.1, 0.15) is 12.7 Å². The smallest absolute Gasteiger partial charge is 0.251 e. The number of nitrogens with zero attached hydrogens (tertiary/aromatic N) is 3. The number of amides is 1. The van der Waals surface area contributed by atoms with E-state index in [-0.39, 0.29) is 23.9 Å². The minimum atomic E-state index is -3.68. The lowest BCUT2D eigenvalue weighted by Crippen LogP contribution is -2.34. The van der Waals surface area contributed by atoms with Crippen molar-refractivity contribution in [1.29, 1.82) is 0 Å². The molecule has 0 fully saturated rings. The first kappa shape index (κ1) is 19.0. The predicted molar refractivity (Wildman–Crippen MR) is 100 cm³/mol. The molecule has 10 heteroatoms. The second-order valence-electron chi connectivity index (χ2n) is 5.50. The van der Waals surface area contributed by atoms with E-state index in [4.69, 9.17) is 11.6 Å². The minimum absolute atomic E-state index is 0.0532. The zero-order valence-electron chi connectivity index (χ0n) is 14.0. The first-order valence-corrected chi connectivity index (χ1v) is 9.80. The lowest BCUT2D eigenvalue weighted by atomic mass is 10.2. The number of carbonyl (C=O) groups excluding carboxylic acids is 1. The number of aromatic nitrogens is 3. The molecule has 0 unspecified atom stereocenters. The van der Waals surface area contributed by atoms with Crippen LogP contribution in [0, 0.1) is 0 Å². The Morgan fingerprint density at radius 1 is 1.11 bits per heavy atom.